The highest BCUT2D eigenvalue weighted by Crippen LogP contribution is 2.24. The molecule has 0 aliphatic carbocycles. The van der Waals surface area contributed by atoms with Crippen LogP contribution in [0.1, 0.15) is 16.1 Å². The predicted octanol–water partition coefficient (Wildman–Crippen LogP) is 4.81. The molecule has 0 fully saturated rings. The summed E-state index contributed by atoms with van der Waals surface area (Å²) >= 11 is 0. The molecule has 1 N–H and O–H groups in total. The number of anilines is 1. The van der Waals surface area contributed by atoms with E-state index in [0.29, 0.717) is 28.0 Å². The summed E-state index contributed by atoms with van der Waals surface area (Å²) < 4.78 is 34.1. The van der Waals surface area contributed by atoms with Crippen LogP contribution in [0.4, 0.5) is 14.5 Å². The molecule has 4 aromatic rings. The van der Waals surface area contributed by atoms with Gasteiger partial charge in [0.25, 0.3) is 5.91 Å². The second-order valence-corrected chi connectivity index (χ2v) is 5.84. The highest BCUT2D eigenvalue weighted by Gasteiger charge is 2.18. The van der Waals surface area contributed by atoms with Crippen molar-refractivity contribution in [1.82, 2.24) is 4.57 Å². The summed E-state index contributed by atoms with van der Waals surface area (Å²) in [6, 6.07) is 15.2. The van der Waals surface area contributed by atoms with Gasteiger partial charge in [-0.05, 0) is 30.3 Å². The van der Waals surface area contributed by atoms with E-state index in [2.05, 4.69) is 5.32 Å². The van der Waals surface area contributed by atoms with Crippen molar-refractivity contribution < 1.29 is 18.0 Å². The summed E-state index contributed by atoms with van der Waals surface area (Å²) in [6.07, 6.45) is 1.52. The van der Waals surface area contributed by atoms with E-state index >= 15 is 0 Å². The minimum Gasteiger partial charge on any atom is -0.463 e. The SMILES string of the molecule is O=C(Nc1ccc(F)cc1)c1cc2occc2n1Cc1ccccc1F. The smallest absolute Gasteiger partial charge is 0.272 e. The first-order valence-electron chi connectivity index (χ1n) is 7.99. The zero-order valence-corrected chi connectivity index (χ0v) is 13.6. The topological polar surface area (TPSA) is 47.2 Å². The van der Waals surface area contributed by atoms with Crippen molar-refractivity contribution in [3.8, 4) is 0 Å². The van der Waals surface area contributed by atoms with E-state index in [-0.39, 0.29) is 24.1 Å². The molecule has 0 spiro atoms. The number of nitrogens with one attached hydrogen (secondary N) is 1. The highest BCUT2D eigenvalue weighted by molar-refractivity contribution is 6.05. The maximum Gasteiger partial charge on any atom is 0.272 e. The van der Waals surface area contributed by atoms with Gasteiger partial charge in [0.15, 0.2) is 5.58 Å². The van der Waals surface area contributed by atoms with Crippen LogP contribution in [0.3, 0.4) is 0 Å². The Morgan fingerprint density at radius 3 is 2.58 bits per heavy atom. The molecule has 0 atom stereocenters. The first kappa shape index (κ1) is 16.1. The van der Waals surface area contributed by atoms with Gasteiger partial charge in [0, 0.05) is 23.4 Å². The van der Waals surface area contributed by atoms with Crippen LogP contribution in [0.5, 0.6) is 0 Å². The van der Waals surface area contributed by atoms with Crippen LogP contribution >= 0.6 is 0 Å². The Morgan fingerprint density at radius 2 is 1.81 bits per heavy atom. The minimum atomic E-state index is -0.389. The maximum atomic E-state index is 14.1. The Hall–Kier alpha value is -3.41. The first-order chi connectivity index (χ1) is 12.6. The molecule has 2 aromatic carbocycles. The molecule has 2 heterocycles. The average Bonchev–Trinajstić information content (AvgIpc) is 3.21. The quantitative estimate of drug-likeness (QED) is 0.573. The number of carbonyl (C=O) groups excluding carboxylic acids is 1. The van der Waals surface area contributed by atoms with Crippen LogP contribution in [0.2, 0.25) is 0 Å². The van der Waals surface area contributed by atoms with E-state index in [1.54, 1.807) is 34.9 Å². The molecule has 0 saturated carbocycles. The summed E-state index contributed by atoms with van der Waals surface area (Å²) in [7, 11) is 0. The first-order valence-corrected chi connectivity index (χ1v) is 7.99. The monoisotopic (exact) mass is 352 g/mol. The molecule has 0 aliphatic rings. The van der Waals surface area contributed by atoms with Gasteiger partial charge in [0.05, 0.1) is 18.3 Å². The Kier molecular flexibility index (Phi) is 4.01. The summed E-state index contributed by atoms with van der Waals surface area (Å²) in [5.74, 6) is -1.12. The number of fused-ring (bicyclic) bond motifs is 1. The molecule has 0 saturated heterocycles. The summed E-state index contributed by atoms with van der Waals surface area (Å²) in [6.45, 7) is 0.182. The van der Waals surface area contributed by atoms with Crippen molar-refractivity contribution in [3.63, 3.8) is 0 Å². The van der Waals surface area contributed by atoms with E-state index in [0.717, 1.165) is 0 Å². The molecule has 0 radical (unpaired) electrons. The lowest BCUT2D eigenvalue weighted by molar-refractivity contribution is 0.101. The number of aromatic nitrogens is 1. The second kappa shape index (κ2) is 6.48. The molecular weight excluding hydrogens is 338 g/mol. The van der Waals surface area contributed by atoms with E-state index < -0.39 is 0 Å². The number of carbonyl (C=O) groups is 1. The van der Waals surface area contributed by atoms with Crippen molar-refractivity contribution >= 4 is 22.7 Å². The normalized spacial score (nSPS) is 11.0. The van der Waals surface area contributed by atoms with Gasteiger partial charge in [-0.2, -0.15) is 0 Å². The third-order valence-corrected chi connectivity index (χ3v) is 4.14. The lowest BCUT2D eigenvalue weighted by atomic mass is 10.2. The molecule has 2 aromatic heterocycles. The number of rotatable bonds is 4. The van der Waals surface area contributed by atoms with Gasteiger partial charge in [-0.25, -0.2) is 8.78 Å². The number of halogens is 2. The van der Waals surface area contributed by atoms with E-state index in [1.165, 1.54) is 36.6 Å². The largest absolute Gasteiger partial charge is 0.463 e. The summed E-state index contributed by atoms with van der Waals surface area (Å²) in [5, 5.41) is 2.72. The lowest BCUT2D eigenvalue weighted by Crippen LogP contribution is -2.17. The van der Waals surface area contributed by atoms with Crippen LogP contribution in [-0.2, 0) is 6.54 Å². The van der Waals surface area contributed by atoms with Crippen molar-refractivity contribution in [2.45, 2.75) is 6.54 Å². The fraction of sp³-hybridized carbons (Fsp3) is 0.0500. The minimum absolute atomic E-state index is 0.182. The Morgan fingerprint density at radius 1 is 1.04 bits per heavy atom. The predicted molar refractivity (Wildman–Crippen MR) is 94.1 cm³/mol. The number of hydrogen-bond donors (Lipinski definition) is 1. The van der Waals surface area contributed by atoms with E-state index in [4.69, 9.17) is 4.42 Å². The van der Waals surface area contributed by atoms with Crippen molar-refractivity contribution in [1.29, 1.82) is 0 Å². The molecule has 4 rings (SSSR count). The van der Waals surface area contributed by atoms with Gasteiger partial charge in [0.1, 0.15) is 17.3 Å². The number of amides is 1. The lowest BCUT2D eigenvalue weighted by Gasteiger charge is -2.11. The molecule has 0 bridgehead atoms. The zero-order valence-electron chi connectivity index (χ0n) is 13.6. The Labute approximate surface area is 147 Å². The molecule has 0 unspecified atom stereocenters. The van der Waals surface area contributed by atoms with Gasteiger partial charge in [-0.3, -0.25) is 4.79 Å². The van der Waals surface area contributed by atoms with Crippen LogP contribution < -0.4 is 5.32 Å². The van der Waals surface area contributed by atoms with Gasteiger partial charge >= 0.3 is 0 Å². The van der Waals surface area contributed by atoms with E-state index in [9.17, 15) is 13.6 Å². The number of nitrogens with zero attached hydrogens (tertiary/aromatic N) is 1. The van der Waals surface area contributed by atoms with Crippen LogP contribution in [0.25, 0.3) is 11.1 Å². The van der Waals surface area contributed by atoms with Crippen LogP contribution in [-0.4, -0.2) is 10.5 Å². The van der Waals surface area contributed by atoms with Crippen molar-refractivity contribution in [2.24, 2.45) is 0 Å². The molecule has 6 heteroatoms. The third-order valence-electron chi connectivity index (χ3n) is 4.14. The van der Waals surface area contributed by atoms with E-state index in [1.807, 2.05) is 0 Å². The fourth-order valence-corrected chi connectivity index (χ4v) is 2.86. The van der Waals surface area contributed by atoms with Crippen molar-refractivity contribution in [3.05, 3.63) is 89.8 Å². The summed E-state index contributed by atoms with van der Waals surface area (Å²) in [5.41, 5.74) is 2.48. The van der Waals surface area contributed by atoms with Crippen LogP contribution in [0.15, 0.2) is 71.3 Å². The summed E-state index contributed by atoms with van der Waals surface area (Å²) in [4.78, 5) is 12.7. The number of furan rings is 1. The second-order valence-electron chi connectivity index (χ2n) is 5.84. The van der Waals surface area contributed by atoms with Gasteiger partial charge in [-0.15, -0.1) is 0 Å². The van der Waals surface area contributed by atoms with Crippen molar-refractivity contribution in [2.75, 3.05) is 5.32 Å². The molecule has 130 valence electrons. The van der Waals surface area contributed by atoms with Gasteiger partial charge in [0.2, 0.25) is 0 Å². The fourth-order valence-electron chi connectivity index (χ4n) is 2.86. The molecule has 0 aliphatic heterocycles. The Balaban J connectivity index is 1.70. The standard InChI is InChI=1S/C20H14F2N2O2/c21-14-5-7-15(8-6-14)23-20(25)18-11-19-17(9-10-26-19)24(18)12-13-3-1-2-4-16(13)22/h1-11H,12H2,(H,23,25). The molecular formula is C20H14F2N2O2. The van der Waals surface area contributed by atoms with Gasteiger partial charge in [-0.1, -0.05) is 18.2 Å². The third kappa shape index (κ3) is 2.97. The number of benzene rings is 2. The molecule has 26 heavy (non-hydrogen) atoms. The molecule has 4 nitrogen and oxygen atoms in total. The van der Waals surface area contributed by atoms with Crippen LogP contribution in [0, 0.1) is 11.6 Å². The average molecular weight is 352 g/mol. The molecule has 1 amide bonds. The zero-order chi connectivity index (χ0) is 18.1. The number of hydrogen-bond acceptors (Lipinski definition) is 2. The van der Waals surface area contributed by atoms with Gasteiger partial charge < -0.3 is 14.3 Å². The Bertz CT molecular complexity index is 1080. The maximum absolute atomic E-state index is 14.1. The highest BCUT2D eigenvalue weighted by atomic mass is 19.1.